The second-order valence-electron chi connectivity index (χ2n) is 6.93. The van der Waals surface area contributed by atoms with Crippen molar-refractivity contribution >= 4 is 21.6 Å². The summed E-state index contributed by atoms with van der Waals surface area (Å²) in [5.74, 6) is 0.422. The molecule has 3 rings (SSSR count). The fourth-order valence-corrected chi connectivity index (χ4v) is 4.55. The predicted molar refractivity (Wildman–Crippen MR) is 114 cm³/mol. The van der Waals surface area contributed by atoms with Crippen LogP contribution >= 0.6 is 0 Å². The summed E-state index contributed by atoms with van der Waals surface area (Å²) in [6, 6.07) is 11.8. The second kappa shape index (κ2) is 9.51. The van der Waals surface area contributed by atoms with Gasteiger partial charge in [-0.2, -0.15) is 4.31 Å². The molecule has 1 atom stereocenters. The molecule has 2 aromatic rings. The van der Waals surface area contributed by atoms with Crippen LogP contribution in [0, 0.1) is 6.92 Å². The summed E-state index contributed by atoms with van der Waals surface area (Å²) in [7, 11) is 0.563. The van der Waals surface area contributed by atoms with Crippen LogP contribution in [0.4, 0.5) is 0 Å². The summed E-state index contributed by atoms with van der Waals surface area (Å²) in [5.41, 5.74) is 2.07. The quantitative estimate of drug-likeness (QED) is 0.476. The fourth-order valence-electron chi connectivity index (χ4n) is 3.24. The van der Waals surface area contributed by atoms with Crippen molar-refractivity contribution in [2.24, 2.45) is 0 Å². The molecular weight excluding hydrogens is 422 g/mol. The van der Waals surface area contributed by atoms with E-state index in [1.165, 1.54) is 31.7 Å². The first-order valence-corrected chi connectivity index (χ1v) is 10.9. The lowest BCUT2D eigenvalue weighted by atomic mass is 9.99. The molecule has 0 aliphatic carbocycles. The van der Waals surface area contributed by atoms with Gasteiger partial charge in [0.2, 0.25) is 10.0 Å². The second-order valence-corrected chi connectivity index (χ2v) is 8.87. The molecule has 1 aliphatic heterocycles. The Hall–Kier alpha value is -2.88. The van der Waals surface area contributed by atoms with Gasteiger partial charge in [0.25, 0.3) is 0 Å². The maximum absolute atomic E-state index is 13.0. The molecule has 9 heteroatoms. The maximum Gasteiger partial charge on any atom is 0.330 e. The van der Waals surface area contributed by atoms with E-state index in [0.717, 1.165) is 5.56 Å². The van der Waals surface area contributed by atoms with E-state index in [4.69, 9.17) is 18.9 Å². The molecule has 0 aromatic heterocycles. The Morgan fingerprint density at radius 1 is 1.06 bits per heavy atom. The topological polar surface area (TPSA) is 91.4 Å². The molecule has 0 bridgehead atoms. The van der Waals surface area contributed by atoms with Gasteiger partial charge in [-0.15, -0.1) is 0 Å². The smallest absolute Gasteiger partial charge is 0.330 e. The Balaban J connectivity index is 1.93. The van der Waals surface area contributed by atoms with Gasteiger partial charge >= 0.3 is 5.97 Å². The summed E-state index contributed by atoms with van der Waals surface area (Å²) in [5, 5.41) is 0. The summed E-state index contributed by atoms with van der Waals surface area (Å²) < 4.78 is 48.4. The highest BCUT2D eigenvalue weighted by Gasteiger charge is 2.36. The van der Waals surface area contributed by atoms with Gasteiger partial charge in [-0.1, -0.05) is 23.8 Å². The minimum absolute atomic E-state index is 0.0490. The number of carbonyl (C=O) groups excluding carboxylic acids is 1. The molecule has 166 valence electrons. The molecule has 31 heavy (non-hydrogen) atoms. The van der Waals surface area contributed by atoms with Crippen molar-refractivity contribution in [3.05, 3.63) is 59.7 Å². The Morgan fingerprint density at radius 3 is 2.35 bits per heavy atom. The van der Waals surface area contributed by atoms with E-state index < -0.39 is 22.1 Å². The summed E-state index contributed by atoms with van der Waals surface area (Å²) >= 11 is 0. The first-order chi connectivity index (χ1) is 14.8. The molecule has 0 radical (unpaired) electrons. The van der Waals surface area contributed by atoms with E-state index in [2.05, 4.69) is 0 Å². The highest BCUT2D eigenvalue weighted by Crippen LogP contribution is 2.34. The SMILES string of the molecule is COC(=O)/C=C(\c1ccc(OC)c(OC)c1)[C@@H]1CN(S(=O)(=O)c2ccc(C)cc2)CO1. The normalized spacial score (nSPS) is 17.4. The van der Waals surface area contributed by atoms with Gasteiger partial charge in [0.05, 0.1) is 32.3 Å². The average Bonchev–Trinajstić information content (AvgIpc) is 3.28. The van der Waals surface area contributed by atoms with Crippen molar-refractivity contribution < 1.29 is 32.2 Å². The van der Waals surface area contributed by atoms with E-state index in [1.54, 1.807) is 42.5 Å². The molecule has 8 nitrogen and oxygen atoms in total. The molecule has 0 saturated carbocycles. The average molecular weight is 448 g/mol. The fraction of sp³-hybridized carbons (Fsp3) is 0.318. The van der Waals surface area contributed by atoms with E-state index in [1.807, 2.05) is 6.92 Å². The number of aryl methyl sites for hydroxylation is 1. The highest BCUT2D eigenvalue weighted by atomic mass is 32.2. The lowest BCUT2D eigenvalue weighted by Gasteiger charge is -2.17. The predicted octanol–water partition coefficient (Wildman–Crippen LogP) is 2.62. The van der Waals surface area contributed by atoms with Crippen LogP contribution in [0.3, 0.4) is 0 Å². The van der Waals surface area contributed by atoms with Crippen LogP contribution < -0.4 is 9.47 Å². The van der Waals surface area contributed by atoms with Crippen molar-refractivity contribution in [1.82, 2.24) is 4.31 Å². The number of rotatable bonds is 7. The minimum Gasteiger partial charge on any atom is -0.493 e. The van der Waals surface area contributed by atoms with Gasteiger partial charge in [0.1, 0.15) is 6.73 Å². The van der Waals surface area contributed by atoms with Crippen molar-refractivity contribution in [3.8, 4) is 11.5 Å². The molecule has 1 aliphatic rings. The third kappa shape index (κ3) is 4.90. The van der Waals surface area contributed by atoms with Crippen molar-refractivity contribution in [3.63, 3.8) is 0 Å². The Bertz CT molecular complexity index is 1080. The molecule has 2 aromatic carbocycles. The third-order valence-electron chi connectivity index (χ3n) is 4.99. The number of methoxy groups -OCH3 is 3. The molecule has 0 N–H and O–H groups in total. The van der Waals surface area contributed by atoms with Crippen LogP contribution in [0.2, 0.25) is 0 Å². The molecule has 1 saturated heterocycles. The number of hydrogen-bond donors (Lipinski definition) is 0. The van der Waals surface area contributed by atoms with Gasteiger partial charge in [-0.25, -0.2) is 13.2 Å². The Kier molecular flexibility index (Phi) is 6.99. The van der Waals surface area contributed by atoms with Crippen LogP contribution in [0.25, 0.3) is 5.57 Å². The zero-order chi connectivity index (χ0) is 22.6. The number of sulfonamides is 1. The summed E-state index contributed by atoms with van der Waals surface area (Å²) in [6.45, 7) is 1.80. The van der Waals surface area contributed by atoms with E-state index >= 15 is 0 Å². The van der Waals surface area contributed by atoms with Gasteiger partial charge < -0.3 is 18.9 Å². The standard InChI is InChI=1S/C22H25NO7S/c1-15-5-8-17(9-6-15)31(25,26)23-13-21(30-14-23)18(12-22(24)29-4)16-7-10-19(27-2)20(11-16)28-3/h5-12,21H,13-14H2,1-4H3/b18-12+/t21-/m0/s1. The highest BCUT2D eigenvalue weighted by molar-refractivity contribution is 7.89. The minimum atomic E-state index is -3.74. The van der Waals surface area contributed by atoms with Crippen molar-refractivity contribution in [1.29, 1.82) is 0 Å². The molecule has 0 unspecified atom stereocenters. The van der Waals surface area contributed by atoms with Crippen molar-refractivity contribution in [2.75, 3.05) is 34.6 Å². The first kappa shape index (κ1) is 22.8. The van der Waals surface area contributed by atoms with E-state index in [9.17, 15) is 13.2 Å². The molecular formula is C22H25NO7S. The molecule has 1 heterocycles. The van der Waals surface area contributed by atoms with Crippen LogP contribution in [-0.4, -0.2) is 59.4 Å². The van der Waals surface area contributed by atoms with Crippen LogP contribution in [0.1, 0.15) is 11.1 Å². The van der Waals surface area contributed by atoms with E-state index in [-0.39, 0.29) is 18.2 Å². The molecule has 0 spiro atoms. The molecule has 1 fully saturated rings. The summed E-state index contributed by atoms with van der Waals surface area (Å²) in [6.07, 6.45) is 0.630. The largest absolute Gasteiger partial charge is 0.493 e. The Labute approximate surface area is 182 Å². The number of hydrogen-bond acceptors (Lipinski definition) is 7. The lowest BCUT2D eigenvalue weighted by molar-refractivity contribution is -0.134. The van der Waals surface area contributed by atoms with Crippen LogP contribution in [0.5, 0.6) is 11.5 Å². The van der Waals surface area contributed by atoms with Crippen molar-refractivity contribution in [2.45, 2.75) is 17.9 Å². The first-order valence-electron chi connectivity index (χ1n) is 9.50. The zero-order valence-electron chi connectivity index (χ0n) is 17.8. The molecule has 0 amide bonds. The van der Waals surface area contributed by atoms with Crippen LogP contribution in [-0.2, 0) is 24.3 Å². The van der Waals surface area contributed by atoms with Gasteiger partial charge in [-0.3, -0.25) is 0 Å². The maximum atomic E-state index is 13.0. The monoisotopic (exact) mass is 447 g/mol. The number of nitrogens with zero attached hydrogens (tertiary/aromatic N) is 1. The number of carbonyl (C=O) groups is 1. The summed E-state index contributed by atoms with van der Waals surface area (Å²) in [4.78, 5) is 12.2. The van der Waals surface area contributed by atoms with E-state index in [0.29, 0.717) is 22.6 Å². The number of ether oxygens (including phenoxy) is 4. The lowest BCUT2D eigenvalue weighted by Crippen LogP contribution is -2.30. The van der Waals surface area contributed by atoms with Crippen LogP contribution in [0.15, 0.2) is 53.4 Å². The number of esters is 1. The van der Waals surface area contributed by atoms with Gasteiger partial charge in [0.15, 0.2) is 11.5 Å². The Morgan fingerprint density at radius 2 is 1.74 bits per heavy atom. The number of benzene rings is 2. The van der Waals surface area contributed by atoms with Gasteiger partial charge in [0, 0.05) is 12.6 Å². The van der Waals surface area contributed by atoms with Gasteiger partial charge in [-0.05, 0) is 42.3 Å². The zero-order valence-corrected chi connectivity index (χ0v) is 18.6. The third-order valence-corrected chi connectivity index (χ3v) is 6.79.